The van der Waals surface area contributed by atoms with Crippen molar-refractivity contribution < 1.29 is 32.6 Å². The first-order chi connectivity index (χ1) is 14.7. The Morgan fingerprint density at radius 2 is 1.94 bits per heavy atom. The summed E-state index contributed by atoms with van der Waals surface area (Å²) in [5.74, 6) is -6.01. The Morgan fingerprint density at radius 3 is 2.58 bits per heavy atom. The van der Waals surface area contributed by atoms with Crippen molar-refractivity contribution in [3.63, 3.8) is 0 Å². The molecule has 31 heavy (non-hydrogen) atoms. The number of amides is 2. The number of likely N-dealkylation sites (N-methyl/N-ethyl adjacent to an activating group) is 1. The summed E-state index contributed by atoms with van der Waals surface area (Å²) in [6.07, 6.45) is 1.02. The molecule has 0 bridgehead atoms. The number of hydrogen-bond donors (Lipinski definition) is 2. The third kappa shape index (κ3) is 3.34. The molecule has 0 spiro atoms. The second-order valence-electron chi connectivity index (χ2n) is 7.22. The number of fused-ring (bicyclic) bond motifs is 3. The van der Waals surface area contributed by atoms with Crippen LogP contribution in [0.4, 0.5) is 13.2 Å². The fourth-order valence-electron chi connectivity index (χ4n) is 3.97. The molecule has 0 saturated carbocycles. The lowest BCUT2D eigenvalue weighted by Crippen LogP contribution is -2.50. The van der Waals surface area contributed by atoms with Crippen LogP contribution < -0.4 is 10.7 Å². The van der Waals surface area contributed by atoms with Gasteiger partial charge in [-0.3, -0.25) is 14.4 Å². The lowest BCUT2D eigenvalue weighted by atomic mass is 10.1. The highest BCUT2D eigenvalue weighted by Crippen LogP contribution is 2.36. The summed E-state index contributed by atoms with van der Waals surface area (Å²) in [4.78, 5) is 39.3. The van der Waals surface area contributed by atoms with Gasteiger partial charge in [-0.15, -0.1) is 0 Å². The quantitative estimate of drug-likeness (QED) is 0.758. The molecule has 1 fully saturated rings. The maximum Gasteiger partial charge on any atom is 0.276 e. The number of hydrogen-bond acceptors (Lipinski definition) is 5. The van der Waals surface area contributed by atoms with Crippen LogP contribution in [0.25, 0.3) is 0 Å². The summed E-state index contributed by atoms with van der Waals surface area (Å²) in [5.41, 5.74) is -2.43. The van der Waals surface area contributed by atoms with Gasteiger partial charge in [-0.2, -0.15) is 0 Å². The fourth-order valence-corrected chi connectivity index (χ4v) is 3.97. The minimum Gasteiger partial charge on any atom is -0.503 e. The van der Waals surface area contributed by atoms with E-state index in [1.54, 1.807) is 6.92 Å². The molecule has 1 saturated heterocycles. The van der Waals surface area contributed by atoms with Gasteiger partial charge in [0.25, 0.3) is 11.8 Å². The minimum atomic E-state index is -1.20. The highest BCUT2D eigenvalue weighted by atomic mass is 19.1. The van der Waals surface area contributed by atoms with E-state index in [1.165, 1.54) is 9.47 Å². The second-order valence-corrected chi connectivity index (χ2v) is 7.22. The van der Waals surface area contributed by atoms with Crippen LogP contribution in [-0.4, -0.2) is 45.8 Å². The molecule has 2 aliphatic heterocycles. The number of nitrogens with one attached hydrogen (secondary N) is 1. The van der Waals surface area contributed by atoms with Gasteiger partial charge < -0.3 is 24.6 Å². The fraction of sp³-hybridized carbons (Fsp3) is 0.350. The van der Waals surface area contributed by atoms with Crippen molar-refractivity contribution in [3.8, 4) is 5.75 Å². The van der Waals surface area contributed by atoms with E-state index in [9.17, 15) is 32.7 Å². The first kappa shape index (κ1) is 20.9. The normalized spacial score (nSPS) is 19.9. The van der Waals surface area contributed by atoms with Gasteiger partial charge in [0.05, 0.1) is 12.6 Å². The molecule has 4 rings (SSSR count). The molecule has 0 aliphatic carbocycles. The van der Waals surface area contributed by atoms with Crippen molar-refractivity contribution in [3.05, 3.63) is 62.8 Å². The zero-order valence-corrected chi connectivity index (χ0v) is 16.3. The topological polar surface area (TPSA) is 101 Å². The highest BCUT2D eigenvalue weighted by molar-refractivity contribution is 5.99. The van der Waals surface area contributed by atoms with Crippen LogP contribution >= 0.6 is 0 Å². The number of aromatic hydroxyl groups is 1. The molecule has 11 heteroatoms. The lowest BCUT2D eigenvalue weighted by molar-refractivity contribution is -0.0328. The molecule has 2 amide bonds. The summed E-state index contributed by atoms with van der Waals surface area (Å²) in [5, 5.41) is 12.6. The SMILES string of the molecule is CCN1C(=O)c2c(O)c(=O)c(C(=O)NCc3c(F)cc(F)cc3F)cn2[C@@H]2CCO[C@@H]21. The van der Waals surface area contributed by atoms with E-state index >= 15 is 0 Å². The Bertz CT molecular complexity index is 1130. The Morgan fingerprint density at radius 1 is 1.26 bits per heavy atom. The van der Waals surface area contributed by atoms with Crippen LogP contribution in [0.5, 0.6) is 5.75 Å². The zero-order chi connectivity index (χ0) is 22.4. The van der Waals surface area contributed by atoms with Crippen molar-refractivity contribution in [1.82, 2.24) is 14.8 Å². The number of aromatic nitrogens is 1. The van der Waals surface area contributed by atoms with Gasteiger partial charge in [0.2, 0.25) is 5.43 Å². The highest BCUT2D eigenvalue weighted by Gasteiger charge is 2.44. The first-order valence-electron chi connectivity index (χ1n) is 9.56. The van der Waals surface area contributed by atoms with Crippen molar-refractivity contribution in [2.45, 2.75) is 32.2 Å². The Labute approximate surface area is 173 Å². The largest absolute Gasteiger partial charge is 0.503 e. The molecular weight excluding hydrogens is 419 g/mol. The van der Waals surface area contributed by atoms with Gasteiger partial charge in [-0.05, 0) is 13.3 Å². The Balaban J connectivity index is 1.69. The number of pyridine rings is 1. The van der Waals surface area contributed by atoms with Crippen molar-refractivity contribution in [2.24, 2.45) is 0 Å². The van der Waals surface area contributed by atoms with E-state index < -0.39 is 70.4 Å². The lowest BCUT2D eigenvalue weighted by Gasteiger charge is -2.38. The van der Waals surface area contributed by atoms with Gasteiger partial charge in [0.15, 0.2) is 17.7 Å². The number of benzene rings is 1. The van der Waals surface area contributed by atoms with Gasteiger partial charge in [0.1, 0.15) is 23.0 Å². The van der Waals surface area contributed by atoms with Crippen LogP contribution in [-0.2, 0) is 11.3 Å². The van der Waals surface area contributed by atoms with Gasteiger partial charge >= 0.3 is 0 Å². The van der Waals surface area contributed by atoms with Crippen molar-refractivity contribution in [2.75, 3.05) is 13.2 Å². The molecule has 164 valence electrons. The van der Waals surface area contributed by atoms with Crippen LogP contribution in [0.1, 0.15) is 45.8 Å². The molecule has 0 unspecified atom stereocenters. The maximum atomic E-state index is 13.8. The predicted octanol–water partition coefficient (Wildman–Crippen LogP) is 1.66. The summed E-state index contributed by atoms with van der Waals surface area (Å²) in [6, 6.07) is 0.517. The first-order valence-corrected chi connectivity index (χ1v) is 9.56. The number of rotatable bonds is 4. The summed E-state index contributed by atoms with van der Waals surface area (Å²) < 4.78 is 47.6. The molecule has 3 heterocycles. The average Bonchev–Trinajstić information content (AvgIpc) is 3.19. The number of halogens is 3. The Hall–Kier alpha value is -3.34. The van der Waals surface area contributed by atoms with E-state index in [2.05, 4.69) is 5.32 Å². The summed E-state index contributed by atoms with van der Waals surface area (Å²) in [7, 11) is 0. The maximum absolute atomic E-state index is 13.8. The van der Waals surface area contributed by atoms with E-state index in [0.29, 0.717) is 31.7 Å². The summed E-state index contributed by atoms with van der Waals surface area (Å²) >= 11 is 0. The van der Waals surface area contributed by atoms with E-state index in [4.69, 9.17) is 4.74 Å². The second kappa shape index (κ2) is 7.73. The molecule has 8 nitrogen and oxygen atoms in total. The van der Waals surface area contributed by atoms with Crippen molar-refractivity contribution >= 4 is 11.8 Å². The van der Waals surface area contributed by atoms with Gasteiger partial charge in [-0.25, -0.2) is 13.2 Å². The van der Waals surface area contributed by atoms with E-state index in [-0.39, 0.29) is 5.69 Å². The third-order valence-electron chi connectivity index (χ3n) is 5.49. The standard InChI is InChI=1S/C20H18F3N3O5/c1-2-25-19(30)15-17(28)16(27)11(8-26(15)14-3-4-31-20(14)25)18(29)24-7-10-12(22)5-9(21)6-13(10)23/h5-6,8,14,20,28H,2-4,7H2,1H3,(H,24,29)/t14-,20+/m1/s1. The molecule has 2 aromatic rings. The Kier molecular flexibility index (Phi) is 5.21. The van der Waals surface area contributed by atoms with Crippen LogP contribution in [0, 0.1) is 17.5 Å². The van der Waals surface area contributed by atoms with Crippen LogP contribution in [0.2, 0.25) is 0 Å². The van der Waals surface area contributed by atoms with E-state index in [0.717, 1.165) is 6.20 Å². The number of ether oxygens (including phenoxy) is 1. The van der Waals surface area contributed by atoms with Crippen LogP contribution in [0.15, 0.2) is 23.1 Å². The molecule has 1 aromatic carbocycles. The van der Waals surface area contributed by atoms with E-state index in [1.807, 2.05) is 0 Å². The molecule has 2 aliphatic rings. The molecule has 2 N–H and O–H groups in total. The van der Waals surface area contributed by atoms with Crippen molar-refractivity contribution in [1.29, 1.82) is 0 Å². The number of nitrogens with zero attached hydrogens (tertiary/aromatic N) is 2. The monoisotopic (exact) mass is 437 g/mol. The van der Waals surface area contributed by atoms with Gasteiger partial charge in [0, 0.05) is 37.0 Å². The smallest absolute Gasteiger partial charge is 0.276 e. The number of carbonyl (C=O) groups is 2. The molecule has 0 radical (unpaired) electrons. The van der Waals surface area contributed by atoms with Gasteiger partial charge in [-0.1, -0.05) is 0 Å². The third-order valence-corrected chi connectivity index (χ3v) is 5.49. The molecule has 1 aromatic heterocycles. The van der Waals surface area contributed by atoms with Crippen LogP contribution in [0.3, 0.4) is 0 Å². The summed E-state index contributed by atoms with van der Waals surface area (Å²) in [6.45, 7) is 1.72. The number of carbonyl (C=O) groups excluding carboxylic acids is 2. The molecular formula is C20H18F3N3O5. The minimum absolute atomic E-state index is 0.245. The molecule has 2 atom stereocenters. The average molecular weight is 437 g/mol. The zero-order valence-electron chi connectivity index (χ0n) is 16.3. The predicted molar refractivity (Wildman–Crippen MR) is 100.0 cm³/mol.